The predicted octanol–water partition coefficient (Wildman–Crippen LogP) is 3.50. The molecule has 0 aromatic heterocycles. The molecule has 19 heavy (non-hydrogen) atoms. The van der Waals surface area contributed by atoms with E-state index >= 15 is 0 Å². The first-order valence-electron chi connectivity index (χ1n) is 6.66. The number of methoxy groups -OCH3 is 1. The van der Waals surface area contributed by atoms with Gasteiger partial charge in [-0.1, -0.05) is 15.9 Å². The molecule has 1 saturated heterocycles. The van der Waals surface area contributed by atoms with Gasteiger partial charge in [-0.15, -0.1) is 0 Å². The van der Waals surface area contributed by atoms with Gasteiger partial charge in [0.25, 0.3) is 0 Å². The van der Waals surface area contributed by atoms with Gasteiger partial charge in [0.05, 0.1) is 19.8 Å². The van der Waals surface area contributed by atoms with Crippen molar-refractivity contribution in [2.75, 3.05) is 13.7 Å². The van der Waals surface area contributed by atoms with E-state index in [0.717, 1.165) is 39.9 Å². The van der Waals surface area contributed by atoms with E-state index in [9.17, 15) is 0 Å². The van der Waals surface area contributed by atoms with E-state index in [1.807, 2.05) is 6.92 Å². The summed E-state index contributed by atoms with van der Waals surface area (Å²) in [6.45, 7) is 6.97. The Balaban J connectivity index is 2.42. The summed E-state index contributed by atoms with van der Waals surface area (Å²) in [5.41, 5.74) is 9.88. The van der Waals surface area contributed by atoms with Crippen molar-refractivity contribution in [3.05, 3.63) is 27.2 Å². The molecule has 1 aliphatic rings. The average molecular weight is 328 g/mol. The lowest BCUT2D eigenvalue weighted by molar-refractivity contribution is 0.118. The van der Waals surface area contributed by atoms with Crippen LogP contribution in [0.5, 0.6) is 5.75 Å². The van der Waals surface area contributed by atoms with Crippen LogP contribution in [0.4, 0.5) is 0 Å². The lowest BCUT2D eigenvalue weighted by Crippen LogP contribution is -2.24. The molecule has 0 spiro atoms. The molecule has 106 valence electrons. The molecule has 2 N–H and O–H groups in total. The highest BCUT2D eigenvalue weighted by Gasteiger charge is 2.31. The number of hydrogen-bond donors (Lipinski definition) is 1. The Morgan fingerprint density at radius 3 is 2.68 bits per heavy atom. The van der Waals surface area contributed by atoms with Gasteiger partial charge in [0.15, 0.2) is 0 Å². The van der Waals surface area contributed by atoms with Crippen LogP contribution in [0.15, 0.2) is 10.5 Å². The molecule has 1 heterocycles. The molecule has 1 fully saturated rings. The summed E-state index contributed by atoms with van der Waals surface area (Å²) in [6.07, 6.45) is 1.31. The van der Waals surface area contributed by atoms with Gasteiger partial charge in [0.1, 0.15) is 5.75 Å². The first-order valence-corrected chi connectivity index (χ1v) is 7.45. The molecule has 3 nitrogen and oxygen atoms in total. The predicted molar refractivity (Wildman–Crippen MR) is 80.6 cm³/mol. The van der Waals surface area contributed by atoms with Gasteiger partial charge in [-0.05, 0) is 44.4 Å². The van der Waals surface area contributed by atoms with Crippen LogP contribution in [0.25, 0.3) is 0 Å². The maximum absolute atomic E-state index is 6.50. The minimum absolute atomic E-state index is 0.0453. The van der Waals surface area contributed by atoms with Gasteiger partial charge < -0.3 is 15.2 Å². The van der Waals surface area contributed by atoms with Crippen molar-refractivity contribution in [1.29, 1.82) is 0 Å². The van der Waals surface area contributed by atoms with Crippen LogP contribution in [0.1, 0.15) is 36.1 Å². The summed E-state index contributed by atoms with van der Waals surface area (Å²) in [4.78, 5) is 0. The van der Waals surface area contributed by atoms with E-state index in [2.05, 4.69) is 35.8 Å². The van der Waals surface area contributed by atoms with Crippen molar-refractivity contribution in [2.24, 2.45) is 11.7 Å². The fourth-order valence-electron chi connectivity index (χ4n) is 2.88. The van der Waals surface area contributed by atoms with Crippen LogP contribution in [0.2, 0.25) is 0 Å². The molecule has 0 radical (unpaired) electrons. The Bertz CT molecular complexity index is 476. The summed E-state index contributed by atoms with van der Waals surface area (Å²) in [6, 6.07) is 2.04. The number of hydrogen-bond acceptors (Lipinski definition) is 3. The lowest BCUT2D eigenvalue weighted by atomic mass is 9.87. The molecule has 0 bridgehead atoms. The number of nitrogens with two attached hydrogens (primary N) is 1. The normalized spacial score (nSPS) is 24.5. The molecule has 1 aliphatic heterocycles. The molecule has 2 rings (SSSR count). The van der Waals surface area contributed by atoms with E-state index in [-0.39, 0.29) is 6.04 Å². The molecule has 3 unspecified atom stereocenters. The Hall–Kier alpha value is -0.580. The number of benzene rings is 1. The van der Waals surface area contributed by atoms with Gasteiger partial charge in [0, 0.05) is 22.0 Å². The summed E-state index contributed by atoms with van der Waals surface area (Å²) in [5.74, 6) is 1.27. The second-order valence-corrected chi connectivity index (χ2v) is 6.27. The number of ether oxygens (including phenoxy) is 2. The smallest absolute Gasteiger partial charge is 0.126 e. The van der Waals surface area contributed by atoms with Crippen molar-refractivity contribution in [3.63, 3.8) is 0 Å². The minimum Gasteiger partial charge on any atom is -0.496 e. The van der Waals surface area contributed by atoms with Gasteiger partial charge in [-0.2, -0.15) is 0 Å². The maximum Gasteiger partial charge on any atom is 0.126 e. The number of halogens is 1. The second kappa shape index (κ2) is 5.81. The van der Waals surface area contributed by atoms with E-state index in [4.69, 9.17) is 15.2 Å². The molecule has 4 heteroatoms. The Morgan fingerprint density at radius 1 is 1.47 bits per heavy atom. The number of rotatable bonds is 3. The Labute approximate surface area is 123 Å². The molecule has 0 saturated carbocycles. The topological polar surface area (TPSA) is 44.5 Å². The van der Waals surface area contributed by atoms with Crippen LogP contribution in [0.3, 0.4) is 0 Å². The van der Waals surface area contributed by atoms with Crippen LogP contribution in [-0.2, 0) is 4.74 Å². The zero-order valence-corrected chi connectivity index (χ0v) is 13.6. The standard InChI is InChI=1S/C15H22BrNO2/c1-8-5-12(16)10(3)13(15(8)18-4)14(17)11-6-9(2)19-7-11/h5,9,11,14H,6-7,17H2,1-4H3. The van der Waals surface area contributed by atoms with Crippen molar-refractivity contribution in [1.82, 2.24) is 0 Å². The van der Waals surface area contributed by atoms with Crippen LogP contribution >= 0.6 is 15.9 Å². The molecular weight excluding hydrogens is 306 g/mol. The highest BCUT2D eigenvalue weighted by atomic mass is 79.9. The van der Waals surface area contributed by atoms with Crippen LogP contribution < -0.4 is 10.5 Å². The molecule has 0 amide bonds. The number of aryl methyl sites for hydroxylation is 1. The summed E-state index contributed by atoms with van der Waals surface area (Å²) < 4.78 is 12.3. The van der Waals surface area contributed by atoms with Gasteiger partial charge >= 0.3 is 0 Å². The minimum atomic E-state index is -0.0453. The van der Waals surface area contributed by atoms with Crippen molar-refractivity contribution in [3.8, 4) is 5.75 Å². The average Bonchev–Trinajstić information content (AvgIpc) is 2.79. The summed E-state index contributed by atoms with van der Waals surface area (Å²) in [7, 11) is 1.71. The SMILES string of the molecule is COc1c(C)cc(Br)c(C)c1C(N)C1COC(C)C1. The quantitative estimate of drug-likeness (QED) is 0.924. The third kappa shape index (κ3) is 2.81. The highest BCUT2D eigenvalue weighted by Crippen LogP contribution is 2.40. The molecule has 0 aliphatic carbocycles. The third-order valence-corrected chi connectivity index (χ3v) is 4.81. The van der Waals surface area contributed by atoms with E-state index in [1.165, 1.54) is 0 Å². The van der Waals surface area contributed by atoms with Crippen LogP contribution in [-0.4, -0.2) is 19.8 Å². The fraction of sp³-hybridized carbons (Fsp3) is 0.600. The van der Waals surface area contributed by atoms with Crippen molar-refractivity contribution >= 4 is 15.9 Å². The lowest BCUT2D eigenvalue weighted by Gasteiger charge is -2.24. The van der Waals surface area contributed by atoms with Crippen molar-refractivity contribution in [2.45, 2.75) is 39.3 Å². The van der Waals surface area contributed by atoms with Gasteiger partial charge in [-0.3, -0.25) is 0 Å². The van der Waals surface area contributed by atoms with Crippen LogP contribution in [0, 0.1) is 19.8 Å². The first-order chi connectivity index (χ1) is 8.95. The maximum atomic E-state index is 6.50. The first kappa shape index (κ1) is 14.8. The molecule has 3 atom stereocenters. The zero-order valence-electron chi connectivity index (χ0n) is 12.0. The van der Waals surface area contributed by atoms with E-state index < -0.39 is 0 Å². The summed E-state index contributed by atoms with van der Waals surface area (Å²) in [5, 5.41) is 0. The Morgan fingerprint density at radius 2 is 2.16 bits per heavy atom. The molecular formula is C15H22BrNO2. The highest BCUT2D eigenvalue weighted by molar-refractivity contribution is 9.10. The molecule has 1 aromatic rings. The third-order valence-electron chi connectivity index (χ3n) is 3.98. The zero-order chi connectivity index (χ0) is 14.2. The largest absolute Gasteiger partial charge is 0.496 e. The summed E-state index contributed by atoms with van der Waals surface area (Å²) >= 11 is 3.61. The molecule has 1 aromatic carbocycles. The van der Waals surface area contributed by atoms with E-state index in [1.54, 1.807) is 7.11 Å². The second-order valence-electron chi connectivity index (χ2n) is 5.41. The fourth-order valence-corrected chi connectivity index (χ4v) is 3.44. The van der Waals surface area contributed by atoms with E-state index in [0.29, 0.717) is 12.0 Å². The Kier molecular flexibility index (Phi) is 4.54. The van der Waals surface area contributed by atoms with Crippen molar-refractivity contribution < 1.29 is 9.47 Å². The van der Waals surface area contributed by atoms with Gasteiger partial charge in [-0.25, -0.2) is 0 Å². The monoisotopic (exact) mass is 327 g/mol. The van der Waals surface area contributed by atoms with Gasteiger partial charge in [0.2, 0.25) is 0 Å².